The number of amides is 1. The number of aromatic nitrogens is 1. The zero-order valence-electron chi connectivity index (χ0n) is 18.5. The van der Waals surface area contributed by atoms with Crippen LogP contribution in [-0.4, -0.2) is 47.6 Å². The van der Waals surface area contributed by atoms with Crippen molar-refractivity contribution in [2.75, 3.05) is 31.1 Å². The van der Waals surface area contributed by atoms with Crippen LogP contribution in [0.2, 0.25) is 5.02 Å². The topological polar surface area (TPSA) is 45.7 Å². The monoisotopic (exact) mass is 437 g/mol. The van der Waals surface area contributed by atoms with E-state index in [0.717, 1.165) is 24.4 Å². The van der Waals surface area contributed by atoms with Crippen LogP contribution in [0.4, 0.5) is 5.82 Å². The van der Waals surface area contributed by atoms with E-state index in [0.29, 0.717) is 23.9 Å². The molecule has 0 atom stereocenters. The largest absolute Gasteiger partial charge is 0.478 e. The van der Waals surface area contributed by atoms with E-state index in [-0.39, 0.29) is 5.91 Å². The average molecular weight is 438 g/mol. The van der Waals surface area contributed by atoms with Crippen molar-refractivity contribution in [1.82, 2.24) is 9.88 Å². The summed E-state index contributed by atoms with van der Waals surface area (Å²) in [5.41, 5.74) is 2.50. The molecule has 2 heterocycles. The average Bonchev–Trinajstić information content (AvgIpc) is 2.75. The van der Waals surface area contributed by atoms with E-state index < -0.39 is 5.60 Å². The van der Waals surface area contributed by atoms with Gasteiger partial charge in [-0.1, -0.05) is 29.8 Å². The third-order valence-corrected chi connectivity index (χ3v) is 6.08. The Labute approximate surface area is 188 Å². The van der Waals surface area contributed by atoms with Gasteiger partial charge in [-0.05, 0) is 69.2 Å². The lowest BCUT2D eigenvalue weighted by atomic mass is 10.1. The summed E-state index contributed by atoms with van der Waals surface area (Å²) in [5.74, 6) is 1.59. The number of aryl methyl sites for hydroxylation is 2. The Bertz CT molecular complexity index is 1100. The van der Waals surface area contributed by atoms with E-state index in [1.807, 2.05) is 18.7 Å². The Hall–Kier alpha value is -2.79. The summed E-state index contributed by atoms with van der Waals surface area (Å²) in [7, 11) is 0. The first kappa shape index (κ1) is 21.4. The molecule has 1 amide bonds. The number of anilines is 1. The number of fused-ring (bicyclic) bond motifs is 1. The zero-order chi connectivity index (χ0) is 22.2. The molecule has 3 aromatic rings. The number of nitrogens with zero attached hydrogens (tertiary/aromatic N) is 3. The van der Waals surface area contributed by atoms with Gasteiger partial charge in [-0.15, -0.1) is 0 Å². The highest BCUT2D eigenvalue weighted by Gasteiger charge is 2.36. The van der Waals surface area contributed by atoms with Gasteiger partial charge in [0.1, 0.15) is 11.6 Å². The smallest absolute Gasteiger partial charge is 0.266 e. The highest BCUT2D eigenvalue weighted by molar-refractivity contribution is 6.30. The Morgan fingerprint density at radius 1 is 1.00 bits per heavy atom. The molecule has 4 rings (SSSR count). The predicted molar refractivity (Wildman–Crippen MR) is 126 cm³/mol. The van der Waals surface area contributed by atoms with E-state index in [1.54, 1.807) is 24.3 Å². The molecule has 0 radical (unpaired) electrons. The van der Waals surface area contributed by atoms with Gasteiger partial charge in [-0.25, -0.2) is 4.98 Å². The van der Waals surface area contributed by atoms with Gasteiger partial charge in [-0.2, -0.15) is 0 Å². The number of rotatable bonds is 4. The number of pyridine rings is 1. The molecule has 1 aromatic heterocycles. The van der Waals surface area contributed by atoms with Crippen molar-refractivity contribution in [2.45, 2.75) is 33.3 Å². The Balaban J connectivity index is 1.44. The van der Waals surface area contributed by atoms with Gasteiger partial charge in [0.05, 0.1) is 5.52 Å². The Morgan fingerprint density at radius 3 is 2.35 bits per heavy atom. The third-order valence-electron chi connectivity index (χ3n) is 5.83. The van der Waals surface area contributed by atoms with Crippen molar-refractivity contribution < 1.29 is 9.53 Å². The number of piperazine rings is 1. The molecule has 0 saturated carbocycles. The van der Waals surface area contributed by atoms with Crippen molar-refractivity contribution in [3.63, 3.8) is 0 Å². The van der Waals surface area contributed by atoms with Crippen molar-refractivity contribution >= 4 is 34.2 Å². The van der Waals surface area contributed by atoms with Crippen LogP contribution in [0.5, 0.6) is 5.75 Å². The van der Waals surface area contributed by atoms with Crippen LogP contribution in [0.3, 0.4) is 0 Å². The quantitative estimate of drug-likeness (QED) is 0.575. The highest BCUT2D eigenvalue weighted by Crippen LogP contribution is 2.27. The first-order chi connectivity index (χ1) is 14.7. The standard InChI is InChI=1S/C25H28ClN3O2/c1-17-6-5-7-21-18(2)16-22(27-23(17)21)28-12-14-29(15-13-28)24(30)25(3,4)31-20-10-8-19(26)9-11-20/h5-11,16H,12-15H2,1-4H3. The molecule has 1 fully saturated rings. The Kier molecular flexibility index (Phi) is 5.80. The molecular formula is C25H28ClN3O2. The van der Waals surface area contributed by atoms with Gasteiger partial charge in [0.25, 0.3) is 5.91 Å². The van der Waals surface area contributed by atoms with Gasteiger partial charge in [-0.3, -0.25) is 4.79 Å². The van der Waals surface area contributed by atoms with Crippen LogP contribution in [0.15, 0.2) is 48.5 Å². The van der Waals surface area contributed by atoms with Gasteiger partial charge in [0.2, 0.25) is 0 Å². The highest BCUT2D eigenvalue weighted by atomic mass is 35.5. The van der Waals surface area contributed by atoms with Crippen LogP contribution in [-0.2, 0) is 4.79 Å². The number of benzene rings is 2. The second kappa shape index (κ2) is 8.39. The summed E-state index contributed by atoms with van der Waals surface area (Å²) >= 11 is 5.94. The molecule has 1 aliphatic heterocycles. The molecule has 0 bridgehead atoms. The van der Waals surface area contributed by atoms with E-state index in [1.165, 1.54) is 16.5 Å². The fraction of sp³-hybridized carbons (Fsp3) is 0.360. The second-order valence-corrected chi connectivity index (χ2v) is 9.05. The number of hydrogen-bond donors (Lipinski definition) is 0. The summed E-state index contributed by atoms with van der Waals surface area (Å²) in [6.45, 7) is 10.6. The molecule has 0 aliphatic carbocycles. The summed E-state index contributed by atoms with van der Waals surface area (Å²) in [5, 5.41) is 1.83. The first-order valence-corrected chi connectivity index (χ1v) is 11.0. The van der Waals surface area contributed by atoms with E-state index in [4.69, 9.17) is 21.3 Å². The van der Waals surface area contributed by atoms with E-state index in [9.17, 15) is 4.79 Å². The number of para-hydroxylation sites is 1. The molecule has 162 valence electrons. The molecule has 0 spiro atoms. The lowest BCUT2D eigenvalue weighted by molar-refractivity contribution is -0.145. The minimum atomic E-state index is -0.953. The minimum Gasteiger partial charge on any atom is -0.478 e. The number of carbonyl (C=O) groups is 1. The summed E-state index contributed by atoms with van der Waals surface area (Å²) in [4.78, 5) is 22.2. The molecule has 0 unspecified atom stereocenters. The van der Waals surface area contributed by atoms with Crippen molar-refractivity contribution in [1.29, 1.82) is 0 Å². The SMILES string of the molecule is Cc1cc(N2CCN(C(=O)C(C)(C)Oc3ccc(Cl)cc3)CC2)nc2c(C)cccc12. The zero-order valence-corrected chi connectivity index (χ0v) is 19.2. The third kappa shape index (κ3) is 4.47. The van der Waals surface area contributed by atoms with Crippen molar-refractivity contribution in [3.8, 4) is 5.75 Å². The molecule has 6 heteroatoms. The van der Waals surface area contributed by atoms with Crippen LogP contribution >= 0.6 is 11.6 Å². The second-order valence-electron chi connectivity index (χ2n) is 8.61. The van der Waals surface area contributed by atoms with Crippen LogP contribution in [0.25, 0.3) is 10.9 Å². The van der Waals surface area contributed by atoms with E-state index >= 15 is 0 Å². The maximum atomic E-state index is 13.1. The molecular weight excluding hydrogens is 410 g/mol. The Morgan fingerprint density at radius 2 is 1.68 bits per heavy atom. The molecule has 1 aliphatic rings. The van der Waals surface area contributed by atoms with Gasteiger partial charge in [0.15, 0.2) is 5.60 Å². The first-order valence-electron chi connectivity index (χ1n) is 10.6. The van der Waals surface area contributed by atoms with Crippen molar-refractivity contribution in [3.05, 3.63) is 64.7 Å². The summed E-state index contributed by atoms with van der Waals surface area (Å²) in [6, 6.07) is 15.5. The minimum absolute atomic E-state index is 0.0133. The van der Waals surface area contributed by atoms with Gasteiger partial charge >= 0.3 is 0 Å². The molecule has 5 nitrogen and oxygen atoms in total. The fourth-order valence-electron chi connectivity index (χ4n) is 4.07. The number of carbonyl (C=O) groups excluding carboxylic acids is 1. The maximum absolute atomic E-state index is 13.1. The van der Waals surface area contributed by atoms with Crippen LogP contribution in [0.1, 0.15) is 25.0 Å². The lowest BCUT2D eigenvalue weighted by Crippen LogP contribution is -2.56. The lowest BCUT2D eigenvalue weighted by Gasteiger charge is -2.39. The number of hydrogen-bond acceptors (Lipinski definition) is 4. The van der Waals surface area contributed by atoms with E-state index in [2.05, 4.69) is 43.0 Å². The molecule has 2 aromatic carbocycles. The number of ether oxygens (including phenoxy) is 1. The summed E-state index contributed by atoms with van der Waals surface area (Å²) < 4.78 is 5.98. The maximum Gasteiger partial charge on any atom is 0.266 e. The normalized spacial score (nSPS) is 14.7. The van der Waals surface area contributed by atoms with Gasteiger partial charge < -0.3 is 14.5 Å². The summed E-state index contributed by atoms with van der Waals surface area (Å²) in [6.07, 6.45) is 0. The van der Waals surface area contributed by atoms with Crippen LogP contribution in [0, 0.1) is 13.8 Å². The molecule has 31 heavy (non-hydrogen) atoms. The molecule has 1 saturated heterocycles. The number of halogens is 1. The van der Waals surface area contributed by atoms with Crippen molar-refractivity contribution in [2.24, 2.45) is 0 Å². The fourth-order valence-corrected chi connectivity index (χ4v) is 4.19. The predicted octanol–water partition coefficient (Wildman–Crippen LogP) is 5.01. The molecule has 0 N–H and O–H groups in total. The van der Waals surface area contributed by atoms with Crippen LogP contribution < -0.4 is 9.64 Å². The van der Waals surface area contributed by atoms with Gasteiger partial charge in [0, 0.05) is 36.6 Å².